The smallest absolute Gasteiger partial charge is 0.211 e. The number of aromatic nitrogens is 2. The number of anilines is 2. The summed E-state index contributed by atoms with van der Waals surface area (Å²) in [5, 5.41) is 6.85. The van der Waals surface area contributed by atoms with Crippen molar-refractivity contribution in [1.29, 1.82) is 0 Å². The SMILES string of the molecule is CNC(C)(C)C.Nc1ncnc2c1sc1cc(-c3cccc(NC=O)c3)ccc12. The van der Waals surface area contributed by atoms with Crippen LogP contribution in [-0.4, -0.2) is 29.0 Å². The summed E-state index contributed by atoms with van der Waals surface area (Å²) < 4.78 is 2.02. The number of nitrogens with one attached hydrogen (secondary N) is 2. The number of amides is 1. The molecule has 4 N–H and O–H groups in total. The minimum atomic E-state index is 0.292. The summed E-state index contributed by atoms with van der Waals surface area (Å²) in [6.07, 6.45) is 2.17. The quantitative estimate of drug-likeness (QED) is 0.429. The number of hydrogen-bond donors (Lipinski definition) is 3. The van der Waals surface area contributed by atoms with Crippen LogP contribution in [0.15, 0.2) is 48.8 Å². The van der Waals surface area contributed by atoms with Crippen molar-refractivity contribution < 1.29 is 4.79 Å². The lowest BCUT2D eigenvalue weighted by Crippen LogP contribution is -2.31. The van der Waals surface area contributed by atoms with Crippen LogP contribution in [0.4, 0.5) is 11.5 Å². The highest BCUT2D eigenvalue weighted by molar-refractivity contribution is 7.26. The largest absolute Gasteiger partial charge is 0.382 e. The zero-order chi connectivity index (χ0) is 21.0. The highest BCUT2D eigenvalue weighted by Gasteiger charge is 2.10. The first-order chi connectivity index (χ1) is 13.8. The molecule has 0 aliphatic rings. The van der Waals surface area contributed by atoms with Crippen molar-refractivity contribution in [3.63, 3.8) is 0 Å². The number of rotatable bonds is 3. The maximum absolute atomic E-state index is 10.6. The topological polar surface area (TPSA) is 92.9 Å². The minimum absolute atomic E-state index is 0.292. The van der Waals surface area contributed by atoms with Crippen LogP contribution in [0.3, 0.4) is 0 Å². The Morgan fingerprint density at radius 2 is 1.79 bits per heavy atom. The monoisotopic (exact) mass is 407 g/mol. The van der Waals surface area contributed by atoms with E-state index in [1.807, 2.05) is 37.4 Å². The van der Waals surface area contributed by atoms with Gasteiger partial charge in [-0.2, -0.15) is 0 Å². The first kappa shape index (κ1) is 20.7. The number of nitrogen functional groups attached to an aromatic ring is 1. The average Bonchev–Trinajstić information content (AvgIpc) is 3.08. The molecule has 1 amide bonds. The van der Waals surface area contributed by atoms with Crippen molar-refractivity contribution >= 4 is 49.6 Å². The molecule has 2 aromatic heterocycles. The Morgan fingerprint density at radius 1 is 1.07 bits per heavy atom. The summed E-state index contributed by atoms with van der Waals surface area (Å²) in [5.41, 5.74) is 10.0. The molecule has 0 aliphatic carbocycles. The van der Waals surface area contributed by atoms with Crippen molar-refractivity contribution in [2.75, 3.05) is 18.1 Å². The van der Waals surface area contributed by atoms with Gasteiger partial charge in [0.15, 0.2) is 0 Å². The van der Waals surface area contributed by atoms with Gasteiger partial charge in [-0.3, -0.25) is 4.79 Å². The summed E-state index contributed by atoms with van der Waals surface area (Å²) in [4.78, 5) is 19.0. The summed E-state index contributed by atoms with van der Waals surface area (Å²) in [5.74, 6) is 0.509. The third kappa shape index (κ3) is 4.88. The molecule has 2 heterocycles. The second-order valence-corrected chi connectivity index (χ2v) is 8.64. The van der Waals surface area contributed by atoms with E-state index in [1.165, 1.54) is 6.33 Å². The third-order valence-electron chi connectivity index (χ3n) is 4.45. The van der Waals surface area contributed by atoms with Crippen LogP contribution in [-0.2, 0) is 4.79 Å². The lowest BCUT2D eigenvalue weighted by atomic mass is 10.0. The molecule has 0 saturated heterocycles. The van der Waals surface area contributed by atoms with Crippen molar-refractivity contribution in [3.05, 3.63) is 48.8 Å². The van der Waals surface area contributed by atoms with Crippen LogP contribution in [0.25, 0.3) is 31.4 Å². The van der Waals surface area contributed by atoms with Crippen LogP contribution >= 0.6 is 11.3 Å². The van der Waals surface area contributed by atoms with E-state index in [2.05, 4.69) is 53.5 Å². The number of hydrogen-bond acceptors (Lipinski definition) is 6. The Kier molecular flexibility index (Phi) is 6.10. The second kappa shape index (κ2) is 8.55. The van der Waals surface area contributed by atoms with Gasteiger partial charge >= 0.3 is 0 Å². The lowest BCUT2D eigenvalue weighted by molar-refractivity contribution is -0.105. The molecule has 0 saturated carbocycles. The molecular formula is C22H25N5OS. The van der Waals surface area contributed by atoms with Gasteiger partial charge in [0.2, 0.25) is 6.41 Å². The van der Waals surface area contributed by atoms with E-state index in [-0.39, 0.29) is 0 Å². The van der Waals surface area contributed by atoms with Gasteiger partial charge in [-0.25, -0.2) is 9.97 Å². The zero-order valence-corrected chi connectivity index (χ0v) is 17.8. The highest BCUT2D eigenvalue weighted by Crippen LogP contribution is 2.37. The fourth-order valence-corrected chi connectivity index (χ4v) is 3.73. The molecule has 7 heteroatoms. The molecule has 0 unspecified atom stereocenters. The van der Waals surface area contributed by atoms with Gasteiger partial charge < -0.3 is 16.4 Å². The van der Waals surface area contributed by atoms with Gasteiger partial charge in [0, 0.05) is 21.3 Å². The van der Waals surface area contributed by atoms with Gasteiger partial charge in [0.1, 0.15) is 12.1 Å². The molecule has 150 valence electrons. The normalized spacial score (nSPS) is 11.2. The van der Waals surface area contributed by atoms with Crippen molar-refractivity contribution in [2.45, 2.75) is 26.3 Å². The standard InChI is InChI=1S/C17H12N4OS.C5H13N/c18-17-16-15(19-8-20-17)13-5-4-11(7-14(13)23-16)10-2-1-3-12(6-10)21-9-22;1-5(2,3)6-4/h1-9H,(H,21,22)(H2,18,19,20);6H,1-4H3. The summed E-state index contributed by atoms with van der Waals surface area (Å²) in [7, 11) is 1.96. The Morgan fingerprint density at radius 3 is 2.48 bits per heavy atom. The van der Waals surface area contributed by atoms with Crippen LogP contribution in [0.2, 0.25) is 0 Å². The van der Waals surface area contributed by atoms with Gasteiger partial charge in [-0.15, -0.1) is 11.3 Å². The van der Waals surface area contributed by atoms with Gasteiger partial charge in [-0.05, 0) is 57.1 Å². The first-order valence-corrected chi connectivity index (χ1v) is 10.1. The summed E-state index contributed by atoms with van der Waals surface area (Å²) in [6, 6.07) is 13.9. The molecule has 0 spiro atoms. The number of fused-ring (bicyclic) bond motifs is 3. The summed E-state index contributed by atoms with van der Waals surface area (Å²) in [6.45, 7) is 6.40. The molecule has 4 aromatic rings. The predicted octanol–water partition coefficient (Wildman–Crippen LogP) is 4.67. The number of thiophene rings is 1. The Bertz CT molecular complexity index is 1150. The molecule has 0 bridgehead atoms. The van der Waals surface area contributed by atoms with E-state index in [0.717, 1.165) is 37.1 Å². The number of nitrogens with zero attached hydrogens (tertiary/aromatic N) is 2. The lowest BCUT2D eigenvalue weighted by Gasteiger charge is -2.15. The minimum Gasteiger partial charge on any atom is -0.382 e. The van der Waals surface area contributed by atoms with Crippen LogP contribution in [0.1, 0.15) is 20.8 Å². The van der Waals surface area contributed by atoms with E-state index in [1.54, 1.807) is 11.3 Å². The molecule has 0 fully saturated rings. The highest BCUT2D eigenvalue weighted by atomic mass is 32.1. The Hall–Kier alpha value is -3.03. The number of benzene rings is 2. The van der Waals surface area contributed by atoms with E-state index < -0.39 is 0 Å². The Balaban J connectivity index is 0.000000353. The zero-order valence-electron chi connectivity index (χ0n) is 17.0. The third-order valence-corrected chi connectivity index (χ3v) is 5.62. The van der Waals surface area contributed by atoms with Gasteiger partial charge in [0.25, 0.3) is 0 Å². The molecule has 0 atom stereocenters. The molecule has 2 aromatic carbocycles. The van der Waals surface area contributed by atoms with Crippen molar-refractivity contribution in [2.24, 2.45) is 0 Å². The predicted molar refractivity (Wildman–Crippen MR) is 123 cm³/mol. The molecular weight excluding hydrogens is 382 g/mol. The maximum Gasteiger partial charge on any atom is 0.211 e. The fourth-order valence-electron chi connectivity index (χ4n) is 2.63. The van der Waals surface area contributed by atoms with Gasteiger partial charge in [0.05, 0.1) is 10.2 Å². The number of carbonyl (C=O) groups is 1. The van der Waals surface area contributed by atoms with E-state index in [9.17, 15) is 4.79 Å². The van der Waals surface area contributed by atoms with Crippen molar-refractivity contribution in [3.8, 4) is 11.1 Å². The van der Waals surface area contributed by atoms with Crippen molar-refractivity contribution in [1.82, 2.24) is 15.3 Å². The molecule has 4 rings (SSSR count). The van der Waals surface area contributed by atoms with Crippen LogP contribution < -0.4 is 16.4 Å². The van der Waals surface area contributed by atoms with E-state index in [4.69, 9.17) is 5.73 Å². The first-order valence-electron chi connectivity index (χ1n) is 9.24. The molecule has 29 heavy (non-hydrogen) atoms. The fraction of sp³-hybridized carbons (Fsp3) is 0.227. The Labute approximate surface area is 174 Å². The number of carbonyl (C=O) groups excluding carboxylic acids is 1. The average molecular weight is 408 g/mol. The molecule has 0 aliphatic heterocycles. The molecule has 6 nitrogen and oxygen atoms in total. The number of nitrogens with two attached hydrogens (primary N) is 1. The van der Waals surface area contributed by atoms with Gasteiger partial charge in [-0.1, -0.05) is 24.3 Å². The van der Waals surface area contributed by atoms with Crippen LogP contribution in [0, 0.1) is 0 Å². The second-order valence-electron chi connectivity index (χ2n) is 7.59. The molecule has 0 radical (unpaired) electrons. The van der Waals surface area contributed by atoms with E-state index in [0.29, 0.717) is 17.8 Å². The van der Waals surface area contributed by atoms with E-state index >= 15 is 0 Å². The maximum atomic E-state index is 10.6. The van der Waals surface area contributed by atoms with Crippen LogP contribution in [0.5, 0.6) is 0 Å². The summed E-state index contributed by atoms with van der Waals surface area (Å²) >= 11 is 1.59.